The quantitative estimate of drug-likeness (QED) is 0.792. The number of hydrogen-bond donors (Lipinski definition) is 0. The van der Waals surface area contributed by atoms with Gasteiger partial charge in [-0.1, -0.05) is 0 Å². The van der Waals surface area contributed by atoms with Gasteiger partial charge in [-0.25, -0.2) is 9.78 Å². The smallest absolute Gasteiger partial charge is 0.331 e. The normalized spacial score (nSPS) is 11.6. The van der Waals surface area contributed by atoms with Crippen LogP contribution in [0.25, 0.3) is 11.0 Å². The first kappa shape index (κ1) is 13.4. The first-order valence-corrected chi connectivity index (χ1v) is 6.11. The Morgan fingerprint density at radius 1 is 1.42 bits per heavy atom. The van der Waals surface area contributed by atoms with Crippen LogP contribution in [0.2, 0.25) is 0 Å². The van der Waals surface area contributed by atoms with Gasteiger partial charge in [0.25, 0.3) is 0 Å². The van der Waals surface area contributed by atoms with Gasteiger partial charge < -0.3 is 14.2 Å². The van der Waals surface area contributed by atoms with E-state index in [1.807, 2.05) is 55.6 Å². The van der Waals surface area contributed by atoms with Crippen LogP contribution in [0.15, 0.2) is 24.5 Å². The molecule has 2 rings (SSSR count). The molecule has 0 radical (unpaired) electrons. The Kier molecular flexibility index (Phi) is 3.22. The fourth-order valence-electron chi connectivity index (χ4n) is 2.04. The third kappa shape index (κ3) is 2.16. The summed E-state index contributed by atoms with van der Waals surface area (Å²) >= 11 is 0. The van der Waals surface area contributed by atoms with E-state index in [9.17, 15) is 4.79 Å². The van der Waals surface area contributed by atoms with Crippen LogP contribution in [0.5, 0.6) is 0 Å². The summed E-state index contributed by atoms with van der Waals surface area (Å²) in [5.41, 5.74) is 2.18. The molecule has 0 aliphatic heterocycles. The third-order valence-corrected chi connectivity index (χ3v) is 3.62. The van der Waals surface area contributed by atoms with Gasteiger partial charge in [-0.05, 0) is 32.0 Å². The van der Waals surface area contributed by atoms with Crippen molar-refractivity contribution in [3.05, 3.63) is 24.5 Å². The number of fused-ring (bicyclic) bond motifs is 1. The average Bonchev–Trinajstić information content (AvgIpc) is 2.77. The monoisotopic (exact) mass is 261 g/mol. The second kappa shape index (κ2) is 4.57. The Balaban J connectivity index is 2.41. The van der Waals surface area contributed by atoms with Gasteiger partial charge in [0.2, 0.25) is 0 Å². The Morgan fingerprint density at radius 3 is 2.74 bits per heavy atom. The van der Waals surface area contributed by atoms with E-state index in [2.05, 4.69) is 4.98 Å². The number of hydrogen-bond acceptors (Lipinski definition) is 4. The van der Waals surface area contributed by atoms with Gasteiger partial charge in [-0.2, -0.15) is 0 Å². The van der Waals surface area contributed by atoms with E-state index in [0.29, 0.717) is 0 Å². The molecule has 19 heavy (non-hydrogen) atoms. The van der Waals surface area contributed by atoms with Crippen molar-refractivity contribution in [3.63, 3.8) is 0 Å². The number of rotatable bonds is 3. The molecule has 0 aliphatic rings. The molecule has 0 aliphatic carbocycles. The van der Waals surface area contributed by atoms with Crippen LogP contribution in [-0.2, 0) is 16.6 Å². The fraction of sp³-hybridized carbons (Fsp3) is 0.429. The first-order valence-electron chi connectivity index (χ1n) is 6.11. The Labute approximate surface area is 112 Å². The topological polar surface area (TPSA) is 47.4 Å². The molecule has 0 spiro atoms. The largest absolute Gasteiger partial charge is 0.467 e. The zero-order chi connectivity index (χ0) is 14.2. The number of imidazole rings is 1. The highest BCUT2D eigenvalue weighted by molar-refractivity contribution is 5.86. The maximum atomic E-state index is 11.8. The summed E-state index contributed by atoms with van der Waals surface area (Å²) in [6.07, 6.45) is 1.78. The summed E-state index contributed by atoms with van der Waals surface area (Å²) in [5.74, 6) is -0.267. The summed E-state index contributed by atoms with van der Waals surface area (Å²) in [4.78, 5) is 18.1. The standard InChI is InChI=1S/C14H19N3O2/c1-14(2,13(18)19-5)17(4)10-6-7-12-11(8-10)15-9-16(12)3/h6-9H,1-5H3. The molecule has 5 heteroatoms. The minimum Gasteiger partial charge on any atom is -0.467 e. The second-order valence-electron chi connectivity index (χ2n) is 5.14. The van der Waals surface area contributed by atoms with Crippen molar-refractivity contribution in [1.82, 2.24) is 9.55 Å². The van der Waals surface area contributed by atoms with Gasteiger partial charge in [-0.15, -0.1) is 0 Å². The number of methoxy groups -OCH3 is 1. The summed E-state index contributed by atoms with van der Waals surface area (Å²) in [6, 6.07) is 5.95. The maximum Gasteiger partial charge on any atom is 0.331 e. The van der Waals surface area contributed by atoms with E-state index in [-0.39, 0.29) is 5.97 Å². The summed E-state index contributed by atoms with van der Waals surface area (Å²) in [5, 5.41) is 0. The number of carbonyl (C=O) groups is 1. The van der Waals surface area contributed by atoms with E-state index in [1.54, 1.807) is 6.33 Å². The molecule has 0 N–H and O–H groups in total. The van der Waals surface area contributed by atoms with Crippen molar-refractivity contribution >= 4 is 22.7 Å². The summed E-state index contributed by atoms with van der Waals surface area (Å²) < 4.78 is 6.81. The van der Waals surface area contributed by atoms with Crippen LogP contribution in [0.4, 0.5) is 5.69 Å². The molecule has 0 amide bonds. The molecular formula is C14H19N3O2. The van der Waals surface area contributed by atoms with E-state index < -0.39 is 5.54 Å². The maximum absolute atomic E-state index is 11.8. The first-order chi connectivity index (χ1) is 8.87. The Bertz CT molecular complexity index is 616. The van der Waals surface area contributed by atoms with Crippen LogP contribution in [0, 0.1) is 0 Å². The highest BCUT2D eigenvalue weighted by Crippen LogP contribution is 2.26. The second-order valence-corrected chi connectivity index (χ2v) is 5.14. The van der Waals surface area contributed by atoms with Gasteiger partial charge >= 0.3 is 5.97 Å². The number of nitrogens with zero attached hydrogens (tertiary/aromatic N) is 3. The van der Waals surface area contributed by atoms with E-state index in [1.165, 1.54) is 7.11 Å². The van der Waals surface area contributed by atoms with E-state index in [0.717, 1.165) is 16.7 Å². The van der Waals surface area contributed by atoms with Crippen LogP contribution in [0.1, 0.15) is 13.8 Å². The van der Waals surface area contributed by atoms with Gasteiger partial charge in [0.05, 0.1) is 24.5 Å². The lowest BCUT2D eigenvalue weighted by molar-refractivity contribution is -0.145. The molecule has 0 unspecified atom stereocenters. The predicted molar refractivity (Wildman–Crippen MR) is 75.2 cm³/mol. The van der Waals surface area contributed by atoms with Crippen molar-refractivity contribution in [2.45, 2.75) is 19.4 Å². The van der Waals surface area contributed by atoms with Crippen molar-refractivity contribution in [1.29, 1.82) is 0 Å². The van der Waals surface area contributed by atoms with Crippen LogP contribution in [-0.4, -0.2) is 35.2 Å². The number of ether oxygens (including phenoxy) is 1. The molecule has 0 saturated carbocycles. The SMILES string of the molecule is COC(=O)C(C)(C)N(C)c1ccc2c(c1)ncn2C. The molecule has 1 aromatic carbocycles. The molecule has 1 heterocycles. The Morgan fingerprint density at radius 2 is 2.11 bits per heavy atom. The van der Waals surface area contributed by atoms with Gasteiger partial charge in [0, 0.05) is 19.8 Å². The Hall–Kier alpha value is -2.04. The van der Waals surface area contributed by atoms with Gasteiger partial charge in [0.15, 0.2) is 0 Å². The van der Waals surface area contributed by atoms with Crippen LogP contribution in [0.3, 0.4) is 0 Å². The zero-order valence-electron chi connectivity index (χ0n) is 12.0. The minimum absolute atomic E-state index is 0.267. The lowest BCUT2D eigenvalue weighted by Gasteiger charge is -2.34. The molecule has 0 fully saturated rings. The number of benzene rings is 1. The minimum atomic E-state index is -0.725. The van der Waals surface area contributed by atoms with Crippen LogP contribution >= 0.6 is 0 Å². The van der Waals surface area contributed by atoms with E-state index >= 15 is 0 Å². The highest BCUT2D eigenvalue weighted by atomic mass is 16.5. The molecule has 1 aromatic heterocycles. The molecular weight excluding hydrogens is 242 g/mol. The zero-order valence-corrected chi connectivity index (χ0v) is 12.0. The van der Waals surface area contributed by atoms with Crippen molar-refractivity contribution in [2.75, 3.05) is 19.1 Å². The number of aromatic nitrogens is 2. The van der Waals surface area contributed by atoms with Gasteiger partial charge in [0.1, 0.15) is 5.54 Å². The molecule has 0 bridgehead atoms. The molecule has 0 saturated heterocycles. The van der Waals surface area contributed by atoms with Gasteiger partial charge in [-0.3, -0.25) is 0 Å². The van der Waals surface area contributed by atoms with Crippen molar-refractivity contribution in [3.8, 4) is 0 Å². The molecule has 2 aromatic rings. The van der Waals surface area contributed by atoms with Crippen molar-refractivity contribution in [2.24, 2.45) is 7.05 Å². The summed E-state index contributed by atoms with van der Waals surface area (Å²) in [6.45, 7) is 3.67. The number of esters is 1. The highest BCUT2D eigenvalue weighted by Gasteiger charge is 2.33. The number of likely N-dealkylation sites (N-methyl/N-ethyl adjacent to an activating group) is 1. The van der Waals surface area contributed by atoms with E-state index in [4.69, 9.17) is 4.74 Å². The molecule has 102 valence electrons. The number of aryl methyl sites for hydroxylation is 1. The summed E-state index contributed by atoms with van der Waals surface area (Å²) in [7, 11) is 5.23. The average molecular weight is 261 g/mol. The van der Waals surface area contributed by atoms with Crippen LogP contribution < -0.4 is 4.90 Å². The number of carbonyl (C=O) groups excluding carboxylic acids is 1. The van der Waals surface area contributed by atoms with Crippen molar-refractivity contribution < 1.29 is 9.53 Å². The predicted octanol–water partition coefficient (Wildman–Crippen LogP) is 1.96. The fourth-order valence-corrected chi connectivity index (χ4v) is 2.04. The number of anilines is 1. The lowest BCUT2D eigenvalue weighted by atomic mass is 10.0. The molecule has 5 nitrogen and oxygen atoms in total. The molecule has 0 atom stereocenters. The lowest BCUT2D eigenvalue weighted by Crippen LogP contribution is -2.48. The third-order valence-electron chi connectivity index (χ3n) is 3.62.